The van der Waals surface area contributed by atoms with Gasteiger partial charge in [-0.15, -0.1) is 0 Å². The summed E-state index contributed by atoms with van der Waals surface area (Å²) in [6, 6.07) is 5.39. The van der Waals surface area contributed by atoms with Crippen LogP contribution in [-0.2, 0) is 4.79 Å². The normalized spacial score (nSPS) is 19.2. The Labute approximate surface area is 130 Å². The number of amides is 1. The van der Waals surface area contributed by atoms with E-state index in [0.29, 0.717) is 17.3 Å². The third-order valence-corrected chi connectivity index (χ3v) is 4.16. The maximum atomic E-state index is 12.3. The van der Waals surface area contributed by atoms with Crippen LogP contribution >= 0.6 is 11.6 Å². The molecule has 1 aliphatic rings. The Bertz CT molecular complexity index is 492. The Morgan fingerprint density at radius 2 is 2.24 bits per heavy atom. The minimum absolute atomic E-state index is 0.0109. The first kappa shape index (κ1) is 16.1. The zero-order chi connectivity index (χ0) is 15.2. The highest BCUT2D eigenvalue weighted by Gasteiger charge is 2.25. The van der Waals surface area contributed by atoms with Crippen molar-refractivity contribution in [1.82, 2.24) is 4.90 Å². The van der Waals surface area contributed by atoms with Gasteiger partial charge in [-0.25, -0.2) is 0 Å². The van der Waals surface area contributed by atoms with Crippen molar-refractivity contribution in [2.75, 3.05) is 19.8 Å². The monoisotopic (exact) mass is 311 g/mol. The molecule has 1 aliphatic heterocycles. The number of aryl methyl sites for hydroxylation is 1. The van der Waals surface area contributed by atoms with E-state index in [-0.39, 0.29) is 25.2 Å². The average molecular weight is 312 g/mol. The molecule has 4 nitrogen and oxygen atoms in total. The number of aliphatic hydroxyl groups is 1. The summed E-state index contributed by atoms with van der Waals surface area (Å²) in [4.78, 5) is 14.1. The second-order valence-electron chi connectivity index (χ2n) is 5.50. The lowest BCUT2D eigenvalue weighted by Crippen LogP contribution is -2.44. The molecule has 1 atom stereocenters. The zero-order valence-electron chi connectivity index (χ0n) is 12.3. The lowest BCUT2D eigenvalue weighted by Gasteiger charge is -2.28. The van der Waals surface area contributed by atoms with Crippen LogP contribution in [0.15, 0.2) is 18.2 Å². The maximum Gasteiger partial charge on any atom is 0.260 e. The number of likely N-dealkylation sites (tertiary alicyclic amines) is 1. The molecule has 0 spiro atoms. The summed E-state index contributed by atoms with van der Waals surface area (Å²) in [6.07, 6.45) is 3.99. The first-order chi connectivity index (χ1) is 10.1. The molecule has 5 heteroatoms. The van der Waals surface area contributed by atoms with Crippen LogP contribution in [-0.4, -0.2) is 41.7 Å². The van der Waals surface area contributed by atoms with Crippen molar-refractivity contribution in [3.63, 3.8) is 0 Å². The molecule has 0 aromatic heterocycles. The molecular formula is C16H22ClNO3. The van der Waals surface area contributed by atoms with Gasteiger partial charge in [0.2, 0.25) is 0 Å². The Morgan fingerprint density at radius 1 is 1.43 bits per heavy atom. The molecular weight excluding hydrogens is 290 g/mol. The SMILES string of the molecule is Cc1ccc(Cl)c(OCC(=O)N2CCCCCC2CO)c1. The molecule has 0 bridgehead atoms. The molecule has 1 fully saturated rings. The van der Waals surface area contributed by atoms with Gasteiger partial charge in [0.15, 0.2) is 6.61 Å². The van der Waals surface area contributed by atoms with Crippen molar-refractivity contribution in [2.24, 2.45) is 0 Å². The van der Waals surface area contributed by atoms with Crippen LogP contribution in [0, 0.1) is 6.92 Å². The second-order valence-corrected chi connectivity index (χ2v) is 5.90. The third kappa shape index (κ3) is 4.35. The van der Waals surface area contributed by atoms with E-state index in [1.165, 1.54) is 0 Å². The highest BCUT2D eigenvalue weighted by molar-refractivity contribution is 6.32. The highest BCUT2D eigenvalue weighted by atomic mass is 35.5. The van der Waals surface area contributed by atoms with Crippen molar-refractivity contribution in [3.8, 4) is 5.75 Å². The van der Waals surface area contributed by atoms with E-state index in [4.69, 9.17) is 16.3 Å². The Hall–Kier alpha value is -1.26. The molecule has 0 radical (unpaired) electrons. The largest absolute Gasteiger partial charge is 0.482 e. The van der Waals surface area contributed by atoms with Crippen LogP contribution in [0.1, 0.15) is 31.2 Å². The molecule has 0 saturated carbocycles. The first-order valence-electron chi connectivity index (χ1n) is 7.41. The average Bonchev–Trinajstić information content (AvgIpc) is 2.73. The fraction of sp³-hybridized carbons (Fsp3) is 0.562. The van der Waals surface area contributed by atoms with Crippen LogP contribution in [0.3, 0.4) is 0 Å². The van der Waals surface area contributed by atoms with Gasteiger partial charge in [0, 0.05) is 6.54 Å². The van der Waals surface area contributed by atoms with Crippen molar-refractivity contribution in [3.05, 3.63) is 28.8 Å². The van der Waals surface area contributed by atoms with Gasteiger partial charge in [-0.05, 0) is 37.5 Å². The summed E-state index contributed by atoms with van der Waals surface area (Å²) in [5, 5.41) is 9.95. The molecule has 2 rings (SSSR count). The van der Waals surface area contributed by atoms with E-state index in [1.54, 1.807) is 11.0 Å². The standard InChI is InChI=1S/C16H22ClNO3/c1-12-6-7-14(17)15(9-12)21-11-16(20)18-8-4-2-3-5-13(18)10-19/h6-7,9,13,19H,2-5,8,10-11H2,1H3. The van der Waals surface area contributed by atoms with Crippen LogP contribution < -0.4 is 4.74 Å². The predicted molar refractivity (Wildman–Crippen MR) is 82.7 cm³/mol. The molecule has 1 N–H and O–H groups in total. The van der Waals surface area contributed by atoms with Crippen LogP contribution in [0.25, 0.3) is 0 Å². The molecule has 1 saturated heterocycles. The quantitative estimate of drug-likeness (QED) is 0.930. The molecule has 0 aliphatic carbocycles. The number of hydrogen-bond acceptors (Lipinski definition) is 3. The van der Waals surface area contributed by atoms with Crippen molar-refractivity contribution in [2.45, 2.75) is 38.6 Å². The maximum absolute atomic E-state index is 12.3. The molecule has 1 heterocycles. The fourth-order valence-electron chi connectivity index (χ4n) is 2.64. The van der Waals surface area contributed by atoms with E-state index in [0.717, 1.165) is 31.2 Å². The zero-order valence-corrected chi connectivity index (χ0v) is 13.1. The molecule has 1 aromatic rings. The Balaban J connectivity index is 1.98. The minimum Gasteiger partial charge on any atom is -0.482 e. The van der Waals surface area contributed by atoms with E-state index >= 15 is 0 Å². The number of carbonyl (C=O) groups excluding carboxylic acids is 1. The smallest absolute Gasteiger partial charge is 0.260 e. The van der Waals surface area contributed by atoms with Crippen molar-refractivity contribution in [1.29, 1.82) is 0 Å². The van der Waals surface area contributed by atoms with E-state index in [2.05, 4.69) is 0 Å². The Kier molecular flexibility index (Phi) is 5.88. The van der Waals surface area contributed by atoms with E-state index in [1.807, 2.05) is 19.1 Å². The summed E-state index contributed by atoms with van der Waals surface area (Å²) in [5.41, 5.74) is 1.03. The fourth-order valence-corrected chi connectivity index (χ4v) is 2.81. The van der Waals surface area contributed by atoms with Crippen LogP contribution in [0.4, 0.5) is 0 Å². The van der Waals surface area contributed by atoms with Crippen molar-refractivity contribution >= 4 is 17.5 Å². The lowest BCUT2D eigenvalue weighted by atomic mass is 10.1. The highest BCUT2D eigenvalue weighted by Crippen LogP contribution is 2.25. The first-order valence-corrected chi connectivity index (χ1v) is 7.79. The van der Waals surface area contributed by atoms with Crippen molar-refractivity contribution < 1.29 is 14.6 Å². The topological polar surface area (TPSA) is 49.8 Å². The van der Waals surface area contributed by atoms with Gasteiger partial charge in [0.25, 0.3) is 5.91 Å². The van der Waals surface area contributed by atoms with E-state index < -0.39 is 0 Å². The Morgan fingerprint density at radius 3 is 3.00 bits per heavy atom. The van der Waals surface area contributed by atoms with Gasteiger partial charge in [-0.1, -0.05) is 30.5 Å². The van der Waals surface area contributed by atoms with Gasteiger partial charge in [0.05, 0.1) is 17.7 Å². The number of ether oxygens (including phenoxy) is 1. The van der Waals surface area contributed by atoms with Crippen LogP contribution in [0.2, 0.25) is 5.02 Å². The van der Waals surface area contributed by atoms with Gasteiger partial charge < -0.3 is 14.7 Å². The number of carbonyl (C=O) groups is 1. The van der Waals surface area contributed by atoms with Gasteiger partial charge >= 0.3 is 0 Å². The number of hydrogen-bond donors (Lipinski definition) is 1. The minimum atomic E-state index is -0.0893. The molecule has 21 heavy (non-hydrogen) atoms. The number of rotatable bonds is 4. The summed E-state index contributed by atoms with van der Waals surface area (Å²) in [7, 11) is 0. The lowest BCUT2D eigenvalue weighted by molar-refractivity contribution is -0.136. The van der Waals surface area contributed by atoms with E-state index in [9.17, 15) is 9.90 Å². The number of halogens is 1. The second kappa shape index (κ2) is 7.66. The molecule has 1 aromatic carbocycles. The molecule has 1 unspecified atom stereocenters. The summed E-state index contributed by atoms with van der Waals surface area (Å²) in [5.74, 6) is 0.439. The van der Waals surface area contributed by atoms with Crippen LogP contribution in [0.5, 0.6) is 5.75 Å². The van der Waals surface area contributed by atoms with Gasteiger partial charge in [-0.3, -0.25) is 4.79 Å². The summed E-state index contributed by atoms with van der Waals surface area (Å²) in [6.45, 7) is 2.60. The number of benzene rings is 1. The molecule has 116 valence electrons. The summed E-state index contributed by atoms with van der Waals surface area (Å²) < 4.78 is 5.56. The third-order valence-electron chi connectivity index (χ3n) is 3.85. The van der Waals surface area contributed by atoms with Gasteiger partial charge in [-0.2, -0.15) is 0 Å². The number of nitrogens with zero attached hydrogens (tertiary/aromatic N) is 1. The molecule has 1 amide bonds. The predicted octanol–water partition coefficient (Wildman–Crippen LogP) is 2.79. The van der Waals surface area contributed by atoms with Gasteiger partial charge in [0.1, 0.15) is 5.75 Å². The summed E-state index contributed by atoms with van der Waals surface area (Å²) >= 11 is 6.06. The number of aliphatic hydroxyl groups excluding tert-OH is 1.